The largest absolute Gasteiger partial charge is 0.434 e. The maximum Gasteiger partial charge on any atom is 0.387 e. The number of aryl methyl sites for hydroxylation is 2. The number of hydrogen-bond acceptors (Lipinski definition) is 4. The van der Waals surface area contributed by atoms with E-state index in [0.717, 1.165) is 24.1 Å². The van der Waals surface area contributed by atoms with Gasteiger partial charge in [0.05, 0.1) is 11.3 Å². The van der Waals surface area contributed by atoms with Crippen molar-refractivity contribution in [2.75, 3.05) is 5.32 Å². The lowest BCUT2D eigenvalue weighted by molar-refractivity contribution is -0.0501. The van der Waals surface area contributed by atoms with Crippen LogP contribution in [0.25, 0.3) is 11.3 Å². The predicted molar refractivity (Wildman–Crippen MR) is 105 cm³/mol. The summed E-state index contributed by atoms with van der Waals surface area (Å²) in [5.74, 6) is -0.705. The van der Waals surface area contributed by atoms with Gasteiger partial charge in [0.2, 0.25) is 0 Å². The molecule has 2 aromatic carbocycles. The second kappa shape index (κ2) is 8.06. The number of ether oxygens (including phenoxy) is 1. The molecule has 1 heterocycles. The van der Waals surface area contributed by atoms with Crippen molar-refractivity contribution >= 4 is 22.4 Å². The Kier molecular flexibility index (Phi) is 5.34. The Bertz CT molecular complexity index is 1000. The molecule has 1 aliphatic carbocycles. The maximum atomic E-state index is 12.5. The Hall–Kier alpha value is -2.80. The van der Waals surface area contributed by atoms with Gasteiger partial charge in [-0.2, -0.15) is 8.78 Å². The average molecular weight is 400 g/mol. The van der Waals surface area contributed by atoms with Crippen molar-refractivity contribution in [3.8, 4) is 17.0 Å². The van der Waals surface area contributed by atoms with E-state index >= 15 is 0 Å². The van der Waals surface area contributed by atoms with Crippen LogP contribution in [-0.4, -0.2) is 17.5 Å². The summed E-state index contributed by atoms with van der Waals surface area (Å²) < 4.78 is 29.5. The van der Waals surface area contributed by atoms with Crippen LogP contribution in [0, 0.1) is 0 Å². The van der Waals surface area contributed by atoms with Crippen LogP contribution >= 0.6 is 11.3 Å². The van der Waals surface area contributed by atoms with E-state index in [0.29, 0.717) is 5.13 Å². The van der Waals surface area contributed by atoms with Gasteiger partial charge in [-0.1, -0.05) is 24.3 Å². The lowest BCUT2D eigenvalue weighted by Gasteiger charge is -2.16. The smallest absolute Gasteiger partial charge is 0.387 e. The molecule has 0 atom stereocenters. The van der Waals surface area contributed by atoms with Gasteiger partial charge in [-0.05, 0) is 55.0 Å². The van der Waals surface area contributed by atoms with Gasteiger partial charge >= 0.3 is 6.61 Å². The first-order valence-electron chi connectivity index (χ1n) is 9.03. The molecule has 4 rings (SSSR count). The first kappa shape index (κ1) is 18.6. The average Bonchev–Trinajstić information content (AvgIpc) is 3.16. The molecule has 0 aliphatic heterocycles. The second-order valence-corrected chi connectivity index (χ2v) is 7.42. The molecule has 1 aliphatic rings. The predicted octanol–water partition coefficient (Wildman–Crippen LogP) is 5.54. The quantitative estimate of drug-likeness (QED) is 0.612. The number of rotatable bonds is 5. The minimum atomic E-state index is -3.00. The van der Waals surface area contributed by atoms with Crippen LogP contribution in [0.2, 0.25) is 0 Å². The number of benzene rings is 2. The molecule has 0 saturated heterocycles. The summed E-state index contributed by atoms with van der Waals surface area (Å²) in [5.41, 5.74) is 4.59. The van der Waals surface area contributed by atoms with Crippen LogP contribution in [0.15, 0.2) is 47.8 Å². The lowest BCUT2D eigenvalue weighted by atomic mass is 9.90. The highest BCUT2D eigenvalue weighted by Crippen LogP contribution is 2.30. The van der Waals surface area contributed by atoms with Crippen molar-refractivity contribution in [2.24, 2.45) is 0 Å². The standard InChI is InChI=1S/C21H18F2N2O2S/c22-20(23)27-18-8-4-3-7-16(18)19(26)25-21-24-17(12-28-21)15-10-9-13-5-1-2-6-14(13)11-15/h3-4,7-12,20H,1-2,5-6H2,(H,24,25,26). The Morgan fingerprint density at radius 2 is 1.89 bits per heavy atom. The maximum absolute atomic E-state index is 12.5. The number of anilines is 1. The fourth-order valence-electron chi connectivity index (χ4n) is 3.37. The van der Waals surface area contributed by atoms with E-state index in [9.17, 15) is 13.6 Å². The van der Waals surface area contributed by atoms with Crippen LogP contribution in [0.5, 0.6) is 5.75 Å². The summed E-state index contributed by atoms with van der Waals surface area (Å²) >= 11 is 1.29. The molecule has 7 heteroatoms. The number of nitrogens with zero attached hydrogens (tertiary/aromatic N) is 1. The molecule has 144 valence electrons. The number of amides is 1. The molecular formula is C21H18F2N2O2S. The third kappa shape index (κ3) is 4.04. The summed E-state index contributed by atoms with van der Waals surface area (Å²) in [6, 6.07) is 12.3. The molecule has 0 bridgehead atoms. The van der Waals surface area contributed by atoms with Gasteiger partial charge in [0.25, 0.3) is 5.91 Å². The molecule has 0 radical (unpaired) electrons. The third-order valence-electron chi connectivity index (χ3n) is 4.72. The number of halogens is 2. The summed E-state index contributed by atoms with van der Waals surface area (Å²) in [4.78, 5) is 17.0. The normalized spacial score (nSPS) is 13.2. The molecule has 0 unspecified atom stereocenters. The molecule has 0 fully saturated rings. The first-order chi connectivity index (χ1) is 13.6. The lowest BCUT2D eigenvalue weighted by Crippen LogP contribution is -2.14. The molecule has 28 heavy (non-hydrogen) atoms. The van der Waals surface area contributed by atoms with Crippen LogP contribution < -0.4 is 10.1 Å². The number of fused-ring (bicyclic) bond motifs is 1. The Balaban J connectivity index is 1.52. The van der Waals surface area contributed by atoms with Crippen molar-refractivity contribution in [1.82, 2.24) is 4.98 Å². The molecule has 1 aromatic heterocycles. The molecule has 1 N–H and O–H groups in total. The van der Waals surface area contributed by atoms with Gasteiger partial charge in [-0.15, -0.1) is 11.3 Å². The number of carbonyl (C=O) groups excluding carboxylic acids is 1. The molecular weight excluding hydrogens is 382 g/mol. The third-order valence-corrected chi connectivity index (χ3v) is 5.47. The van der Waals surface area contributed by atoms with E-state index in [1.54, 1.807) is 6.07 Å². The highest BCUT2D eigenvalue weighted by Gasteiger charge is 2.17. The minimum absolute atomic E-state index is 0.0355. The van der Waals surface area contributed by atoms with Gasteiger partial charge in [0.15, 0.2) is 5.13 Å². The van der Waals surface area contributed by atoms with E-state index in [1.807, 2.05) is 5.38 Å². The molecule has 3 aromatic rings. The van der Waals surface area contributed by atoms with Crippen LogP contribution in [-0.2, 0) is 12.8 Å². The van der Waals surface area contributed by atoms with Gasteiger partial charge in [0.1, 0.15) is 5.75 Å². The molecule has 1 amide bonds. The molecule has 0 saturated carbocycles. The van der Waals surface area contributed by atoms with Crippen LogP contribution in [0.3, 0.4) is 0 Å². The Labute approximate surface area is 165 Å². The minimum Gasteiger partial charge on any atom is -0.434 e. The van der Waals surface area contributed by atoms with E-state index in [2.05, 4.69) is 33.2 Å². The Morgan fingerprint density at radius 3 is 2.71 bits per heavy atom. The fourth-order valence-corrected chi connectivity index (χ4v) is 4.09. The molecule has 0 spiro atoms. The van der Waals surface area contributed by atoms with E-state index in [-0.39, 0.29) is 11.3 Å². The summed E-state index contributed by atoms with van der Waals surface area (Å²) in [7, 11) is 0. The van der Waals surface area contributed by atoms with Crippen molar-refractivity contribution in [2.45, 2.75) is 32.3 Å². The first-order valence-corrected chi connectivity index (χ1v) is 9.91. The van der Waals surface area contributed by atoms with Gasteiger partial charge in [-0.3, -0.25) is 10.1 Å². The van der Waals surface area contributed by atoms with Gasteiger partial charge in [0, 0.05) is 10.9 Å². The number of hydrogen-bond donors (Lipinski definition) is 1. The SMILES string of the molecule is O=C(Nc1nc(-c2ccc3c(c2)CCCC3)cs1)c1ccccc1OC(F)F. The van der Waals surface area contributed by atoms with Crippen molar-refractivity contribution in [3.63, 3.8) is 0 Å². The zero-order valence-corrected chi connectivity index (χ0v) is 15.8. The Morgan fingerprint density at radius 1 is 1.11 bits per heavy atom. The highest BCUT2D eigenvalue weighted by molar-refractivity contribution is 7.14. The zero-order chi connectivity index (χ0) is 19.5. The van der Waals surface area contributed by atoms with Crippen LogP contribution in [0.4, 0.5) is 13.9 Å². The number of para-hydroxylation sites is 1. The monoisotopic (exact) mass is 400 g/mol. The fraction of sp³-hybridized carbons (Fsp3) is 0.238. The zero-order valence-electron chi connectivity index (χ0n) is 15.0. The van der Waals surface area contributed by atoms with Crippen molar-refractivity contribution in [3.05, 3.63) is 64.5 Å². The topological polar surface area (TPSA) is 51.2 Å². The number of aromatic nitrogens is 1. The summed E-state index contributed by atoms with van der Waals surface area (Å²) in [5, 5.41) is 4.95. The number of carbonyl (C=O) groups is 1. The highest BCUT2D eigenvalue weighted by atomic mass is 32.1. The summed E-state index contributed by atoms with van der Waals surface area (Å²) in [6.45, 7) is -3.00. The van der Waals surface area contributed by atoms with Gasteiger partial charge < -0.3 is 4.74 Å². The van der Waals surface area contributed by atoms with Crippen molar-refractivity contribution < 1.29 is 18.3 Å². The van der Waals surface area contributed by atoms with Crippen molar-refractivity contribution in [1.29, 1.82) is 0 Å². The van der Waals surface area contributed by atoms with Gasteiger partial charge in [-0.25, -0.2) is 4.98 Å². The van der Waals surface area contributed by atoms with E-state index in [4.69, 9.17) is 0 Å². The molecule has 4 nitrogen and oxygen atoms in total. The number of nitrogens with one attached hydrogen (secondary N) is 1. The summed E-state index contributed by atoms with van der Waals surface area (Å²) in [6.07, 6.45) is 4.64. The number of alkyl halides is 2. The van der Waals surface area contributed by atoms with Crippen LogP contribution in [0.1, 0.15) is 34.3 Å². The van der Waals surface area contributed by atoms with E-state index in [1.165, 1.54) is 53.5 Å². The number of thiazole rings is 1. The van der Waals surface area contributed by atoms with E-state index < -0.39 is 12.5 Å². The second-order valence-electron chi connectivity index (χ2n) is 6.56.